The Labute approximate surface area is 105 Å². The van der Waals surface area contributed by atoms with Gasteiger partial charge in [0.2, 0.25) is 0 Å². The normalized spacial score (nSPS) is 19.2. The predicted octanol–water partition coefficient (Wildman–Crippen LogP) is 1.36. The summed E-state index contributed by atoms with van der Waals surface area (Å²) in [5.74, 6) is -0.984. The minimum Gasteiger partial charge on any atom is -0.507 e. The van der Waals surface area contributed by atoms with Crippen LogP contribution in [0, 0.1) is 5.82 Å². The molecule has 1 fully saturated rings. The smallest absolute Gasteiger partial charge is 0.258 e. The Morgan fingerprint density at radius 2 is 2.39 bits per heavy atom. The highest BCUT2D eigenvalue weighted by Crippen LogP contribution is 2.24. The zero-order valence-corrected chi connectivity index (χ0v) is 10.3. The van der Waals surface area contributed by atoms with Gasteiger partial charge in [0.15, 0.2) is 0 Å². The van der Waals surface area contributed by atoms with Gasteiger partial charge in [0.25, 0.3) is 5.91 Å². The standard InChI is InChI=1S/C13H17FN2O2/c1-15-8-10-3-2-6-16(10)13(18)11-7-9(14)4-5-12(11)17/h4-5,7,10,15,17H,2-3,6,8H2,1H3. The Balaban J connectivity index is 2.22. The van der Waals surface area contributed by atoms with Crippen LogP contribution in [-0.4, -0.2) is 42.1 Å². The number of halogens is 1. The monoisotopic (exact) mass is 252 g/mol. The topological polar surface area (TPSA) is 52.6 Å². The maximum absolute atomic E-state index is 13.1. The molecule has 98 valence electrons. The van der Waals surface area contributed by atoms with Crippen molar-refractivity contribution < 1.29 is 14.3 Å². The zero-order valence-electron chi connectivity index (χ0n) is 10.3. The number of phenolic OH excluding ortho intramolecular Hbond substituents is 1. The summed E-state index contributed by atoms with van der Waals surface area (Å²) in [6.45, 7) is 1.36. The third-order valence-corrected chi connectivity index (χ3v) is 3.27. The summed E-state index contributed by atoms with van der Waals surface area (Å²) in [6, 6.07) is 3.56. The molecule has 2 rings (SSSR count). The number of carbonyl (C=O) groups is 1. The minimum atomic E-state index is -0.513. The second-order valence-corrected chi connectivity index (χ2v) is 4.51. The highest BCUT2D eigenvalue weighted by molar-refractivity contribution is 5.97. The number of benzene rings is 1. The number of aromatic hydroxyl groups is 1. The second-order valence-electron chi connectivity index (χ2n) is 4.51. The fourth-order valence-electron chi connectivity index (χ4n) is 2.39. The Hall–Kier alpha value is -1.62. The summed E-state index contributed by atoms with van der Waals surface area (Å²) in [5, 5.41) is 12.7. The summed E-state index contributed by atoms with van der Waals surface area (Å²) >= 11 is 0. The third-order valence-electron chi connectivity index (χ3n) is 3.27. The van der Waals surface area contributed by atoms with E-state index in [4.69, 9.17) is 0 Å². The molecule has 1 aromatic carbocycles. The van der Waals surface area contributed by atoms with Gasteiger partial charge in [-0.3, -0.25) is 4.79 Å². The number of likely N-dealkylation sites (tertiary alicyclic amines) is 1. The second kappa shape index (κ2) is 5.35. The minimum absolute atomic E-state index is 0.0398. The Morgan fingerprint density at radius 1 is 1.61 bits per heavy atom. The van der Waals surface area contributed by atoms with Crippen molar-refractivity contribution in [2.45, 2.75) is 18.9 Å². The molecule has 1 aliphatic rings. The molecule has 2 N–H and O–H groups in total. The number of likely N-dealkylation sites (N-methyl/N-ethyl adjacent to an activating group) is 1. The van der Waals surface area contributed by atoms with Gasteiger partial charge in [0.05, 0.1) is 5.56 Å². The van der Waals surface area contributed by atoms with E-state index in [1.165, 1.54) is 6.07 Å². The summed E-state index contributed by atoms with van der Waals surface area (Å²) < 4.78 is 13.1. The summed E-state index contributed by atoms with van der Waals surface area (Å²) in [6.07, 6.45) is 1.87. The molecule has 1 unspecified atom stereocenters. The summed E-state index contributed by atoms with van der Waals surface area (Å²) in [4.78, 5) is 14.0. The molecular weight excluding hydrogens is 235 g/mol. The Bertz CT molecular complexity index is 451. The van der Waals surface area contributed by atoms with Crippen LogP contribution in [0.25, 0.3) is 0 Å². The average Bonchev–Trinajstić information content (AvgIpc) is 2.80. The van der Waals surface area contributed by atoms with Crippen molar-refractivity contribution in [3.63, 3.8) is 0 Å². The van der Waals surface area contributed by atoms with Crippen molar-refractivity contribution in [3.8, 4) is 5.75 Å². The maximum Gasteiger partial charge on any atom is 0.258 e. The molecule has 1 aliphatic heterocycles. The van der Waals surface area contributed by atoms with E-state index in [0.29, 0.717) is 13.1 Å². The largest absolute Gasteiger partial charge is 0.507 e. The number of amides is 1. The van der Waals surface area contributed by atoms with Gasteiger partial charge < -0.3 is 15.3 Å². The van der Waals surface area contributed by atoms with Gasteiger partial charge in [-0.25, -0.2) is 4.39 Å². The van der Waals surface area contributed by atoms with Gasteiger partial charge in [-0.2, -0.15) is 0 Å². The van der Waals surface area contributed by atoms with Gasteiger partial charge in [0.1, 0.15) is 11.6 Å². The highest BCUT2D eigenvalue weighted by Gasteiger charge is 2.30. The van der Waals surface area contributed by atoms with Crippen LogP contribution < -0.4 is 5.32 Å². The first-order valence-electron chi connectivity index (χ1n) is 6.07. The average molecular weight is 252 g/mol. The lowest BCUT2D eigenvalue weighted by Gasteiger charge is -2.24. The third kappa shape index (κ3) is 2.46. The van der Waals surface area contributed by atoms with Crippen LogP contribution >= 0.6 is 0 Å². The van der Waals surface area contributed by atoms with E-state index >= 15 is 0 Å². The number of rotatable bonds is 3. The molecule has 1 aromatic rings. The van der Waals surface area contributed by atoms with Crippen molar-refractivity contribution in [1.29, 1.82) is 0 Å². The predicted molar refractivity (Wildman–Crippen MR) is 66.1 cm³/mol. The van der Waals surface area contributed by atoms with Gasteiger partial charge >= 0.3 is 0 Å². The summed E-state index contributed by atoms with van der Waals surface area (Å²) in [5.41, 5.74) is 0.0398. The van der Waals surface area contributed by atoms with Crippen LogP contribution in [0.15, 0.2) is 18.2 Å². The molecule has 0 aliphatic carbocycles. The van der Waals surface area contributed by atoms with Gasteiger partial charge in [-0.1, -0.05) is 0 Å². The molecule has 1 amide bonds. The molecule has 5 heteroatoms. The first kappa shape index (κ1) is 12.8. The van der Waals surface area contributed by atoms with Crippen LogP contribution in [0.4, 0.5) is 4.39 Å². The highest BCUT2D eigenvalue weighted by atomic mass is 19.1. The molecule has 0 aromatic heterocycles. The van der Waals surface area contributed by atoms with Gasteiger partial charge in [-0.15, -0.1) is 0 Å². The van der Waals surface area contributed by atoms with Gasteiger partial charge in [-0.05, 0) is 38.1 Å². The Morgan fingerprint density at radius 3 is 3.11 bits per heavy atom. The number of hydrogen-bond donors (Lipinski definition) is 2. The van der Waals surface area contributed by atoms with Crippen LogP contribution in [0.2, 0.25) is 0 Å². The maximum atomic E-state index is 13.1. The van der Waals surface area contributed by atoms with E-state index in [0.717, 1.165) is 25.0 Å². The molecule has 18 heavy (non-hydrogen) atoms. The first-order chi connectivity index (χ1) is 8.63. The fourth-order valence-corrected chi connectivity index (χ4v) is 2.39. The van der Waals surface area contributed by atoms with Crippen molar-refractivity contribution in [1.82, 2.24) is 10.2 Å². The molecule has 0 radical (unpaired) electrons. The van der Waals surface area contributed by atoms with Crippen LogP contribution in [0.1, 0.15) is 23.2 Å². The number of carbonyl (C=O) groups excluding carboxylic acids is 1. The van der Waals surface area contributed by atoms with Crippen LogP contribution in [-0.2, 0) is 0 Å². The number of nitrogens with one attached hydrogen (secondary N) is 1. The SMILES string of the molecule is CNCC1CCCN1C(=O)c1cc(F)ccc1O. The van der Waals surface area contributed by atoms with E-state index in [1.807, 2.05) is 7.05 Å². The number of phenols is 1. The summed E-state index contributed by atoms with van der Waals surface area (Å²) in [7, 11) is 1.83. The van der Waals surface area contributed by atoms with Crippen LogP contribution in [0.5, 0.6) is 5.75 Å². The molecule has 1 heterocycles. The lowest BCUT2D eigenvalue weighted by Crippen LogP contribution is -2.40. The van der Waals surface area contributed by atoms with E-state index in [9.17, 15) is 14.3 Å². The van der Waals surface area contributed by atoms with Crippen molar-refractivity contribution >= 4 is 5.91 Å². The molecular formula is C13H17FN2O2. The fraction of sp³-hybridized carbons (Fsp3) is 0.462. The van der Waals surface area contributed by atoms with Gasteiger partial charge in [0, 0.05) is 19.1 Å². The zero-order chi connectivity index (χ0) is 13.1. The Kier molecular flexibility index (Phi) is 3.81. The number of nitrogens with zero attached hydrogens (tertiary/aromatic N) is 1. The molecule has 0 bridgehead atoms. The van der Waals surface area contributed by atoms with Crippen molar-refractivity contribution in [2.24, 2.45) is 0 Å². The molecule has 1 atom stereocenters. The van der Waals surface area contributed by atoms with E-state index in [2.05, 4.69) is 5.32 Å². The van der Waals surface area contributed by atoms with E-state index < -0.39 is 5.82 Å². The molecule has 0 spiro atoms. The molecule has 1 saturated heterocycles. The van der Waals surface area contributed by atoms with Crippen molar-refractivity contribution in [3.05, 3.63) is 29.6 Å². The lowest BCUT2D eigenvalue weighted by atomic mass is 10.1. The molecule has 0 saturated carbocycles. The van der Waals surface area contributed by atoms with E-state index in [-0.39, 0.29) is 23.3 Å². The number of hydrogen-bond acceptors (Lipinski definition) is 3. The van der Waals surface area contributed by atoms with E-state index in [1.54, 1.807) is 4.90 Å². The first-order valence-corrected chi connectivity index (χ1v) is 6.07. The van der Waals surface area contributed by atoms with Crippen LogP contribution in [0.3, 0.4) is 0 Å². The molecule has 4 nitrogen and oxygen atoms in total. The lowest BCUT2D eigenvalue weighted by molar-refractivity contribution is 0.0733. The quantitative estimate of drug-likeness (QED) is 0.854. The van der Waals surface area contributed by atoms with Crippen molar-refractivity contribution in [2.75, 3.05) is 20.1 Å².